The van der Waals surface area contributed by atoms with Gasteiger partial charge in [-0.25, -0.2) is 0 Å². The second-order valence-electron chi connectivity index (χ2n) is 7.13. The fourth-order valence-corrected chi connectivity index (χ4v) is 3.26. The fraction of sp³-hybridized carbons (Fsp3) is 0.500. The highest BCUT2D eigenvalue weighted by atomic mass is 16.5. The minimum absolute atomic E-state index is 0.102. The number of piperidine rings is 1. The lowest BCUT2D eigenvalue weighted by atomic mass is 9.96. The van der Waals surface area contributed by atoms with Crippen LogP contribution in [0, 0.1) is 13.8 Å². The summed E-state index contributed by atoms with van der Waals surface area (Å²) in [4.78, 5) is 29.9. The molecule has 7 nitrogen and oxygen atoms in total. The number of carbonyl (C=O) groups excluding carboxylic acids is 2. The third-order valence-electron chi connectivity index (χ3n) is 5.18. The third-order valence-corrected chi connectivity index (χ3v) is 5.18. The molecule has 1 aliphatic heterocycles. The monoisotopic (exact) mass is 370 g/mol. The molecule has 27 heavy (non-hydrogen) atoms. The number of rotatable bonds is 5. The molecule has 1 N–H and O–H groups in total. The van der Waals surface area contributed by atoms with E-state index in [1.807, 2.05) is 36.9 Å². The van der Waals surface area contributed by atoms with Crippen LogP contribution in [0.25, 0.3) is 0 Å². The van der Waals surface area contributed by atoms with Crippen LogP contribution in [0.15, 0.2) is 22.7 Å². The SMILES string of the molecule is CC(=O)N1CCC(c2noc(CCNC(=O)c3ccc(C)c(C)c3)n2)CC1. The van der Waals surface area contributed by atoms with Crippen molar-refractivity contribution in [2.75, 3.05) is 19.6 Å². The zero-order valence-electron chi connectivity index (χ0n) is 16.1. The Hall–Kier alpha value is -2.70. The van der Waals surface area contributed by atoms with E-state index < -0.39 is 0 Å². The van der Waals surface area contributed by atoms with E-state index in [1.165, 1.54) is 5.56 Å². The lowest BCUT2D eigenvalue weighted by Crippen LogP contribution is -2.36. The number of hydrogen-bond acceptors (Lipinski definition) is 5. The molecular weight excluding hydrogens is 344 g/mol. The number of benzene rings is 1. The van der Waals surface area contributed by atoms with Crippen molar-refractivity contribution < 1.29 is 14.1 Å². The summed E-state index contributed by atoms with van der Waals surface area (Å²) >= 11 is 0. The van der Waals surface area contributed by atoms with Crippen molar-refractivity contribution in [3.8, 4) is 0 Å². The highest BCUT2D eigenvalue weighted by Gasteiger charge is 2.25. The second kappa shape index (κ2) is 8.33. The van der Waals surface area contributed by atoms with Crippen LogP contribution in [0.4, 0.5) is 0 Å². The second-order valence-corrected chi connectivity index (χ2v) is 7.13. The molecule has 2 heterocycles. The van der Waals surface area contributed by atoms with Crippen molar-refractivity contribution >= 4 is 11.8 Å². The van der Waals surface area contributed by atoms with E-state index in [4.69, 9.17) is 4.52 Å². The maximum absolute atomic E-state index is 12.2. The Morgan fingerprint density at radius 2 is 1.96 bits per heavy atom. The van der Waals surface area contributed by atoms with Crippen LogP contribution in [-0.4, -0.2) is 46.5 Å². The van der Waals surface area contributed by atoms with Crippen molar-refractivity contribution in [1.29, 1.82) is 0 Å². The number of aryl methyl sites for hydroxylation is 2. The van der Waals surface area contributed by atoms with E-state index >= 15 is 0 Å². The van der Waals surface area contributed by atoms with E-state index in [2.05, 4.69) is 15.5 Å². The van der Waals surface area contributed by atoms with Crippen LogP contribution in [-0.2, 0) is 11.2 Å². The van der Waals surface area contributed by atoms with Crippen molar-refractivity contribution in [2.45, 2.75) is 46.0 Å². The van der Waals surface area contributed by atoms with Crippen molar-refractivity contribution in [2.24, 2.45) is 0 Å². The first-order valence-corrected chi connectivity index (χ1v) is 9.37. The molecule has 7 heteroatoms. The molecule has 2 amide bonds. The number of aromatic nitrogens is 2. The summed E-state index contributed by atoms with van der Waals surface area (Å²) in [5.41, 5.74) is 2.92. The van der Waals surface area contributed by atoms with Gasteiger partial charge < -0.3 is 14.7 Å². The molecule has 3 rings (SSSR count). The standard InChI is InChI=1S/C20H26N4O3/c1-13-4-5-17(12-14(13)2)20(26)21-9-6-18-22-19(23-27-18)16-7-10-24(11-8-16)15(3)25/h4-5,12,16H,6-11H2,1-3H3,(H,21,26). The highest BCUT2D eigenvalue weighted by molar-refractivity contribution is 5.94. The number of nitrogens with zero attached hydrogens (tertiary/aromatic N) is 3. The van der Waals surface area contributed by atoms with E-state index in [-0.39, 0.29) is 17.7 Å². The van der Waals surface area contributed by atoms with Gasteiger partial charge in [0.2, 0.25) is 11.8 Å². The number of amides is 2. The van der Waals surface area contributed by atoms with Gasteiger partial charge in [-0.2, -0.15) is 4.98 Å². The van der Waals surface area contributed by atoms with Crippen LogP contribution in [0.5, 0.6) is 0 Å². The fourth-order valence-electron chi connectivity index (χ4n) is 3.26. The Balaban J connectivity index is 1.48. The topological polar surface area (TPSA) is 88.3 Å². The predicted molar refractivity (Wildman–Crippen MR) is 100 cm³/mol. The van der Waals surface area contributed by atoms with Gasteiger partial charge in [0.15, 0.2) is 5.82 Å². The van der Waals surface area contributed by atoms with Gasteiger partial charge in [0.05, 0.1) is 0 Å². The van der Waals surface area contributed by atoms with Gasteiger partial charge in [-0.15, -0.1) is 0 Å². The highest BCUT2D eigenvalue weighted by Crippen LogP contribution is 2.25. The van der Waals surface area contributed by atoms with Crippen LogP contribution in [0.2, 0.25) is 0 Å². The lowest BCUT2D eigenvalue weighted by Gasteiger charge is -2.29. The first-order chi connectivity index (χ1) is 12.9. The molecule has 1 aliphatic rings. The Bertz CT molecular complexity index is 822. The number of carbonyl (C=O) groups is 2. The summed E-state index contributed by atoms with van der Waals surface area (Å²) in [6.45, 7) is 7.52. The van der Waals surface area contributed by atoms with Crippen LogP contribution in [0.1, 0.15) is 58.9 Å². The molecule has 0 spiro atoms. The maximum atomic E-state index is 12.2. The largest absolute Gasteiger partial charge is 0.352 e. The molecule has 0 bridgehead atoms. The van der Waals surface area contributed by atoms with Crippen molar-refractivity contribution in [1.82, 2.24) is 20.4 Å². The molecule has 0 atom stereocenters. The average Bonchev–Trinajstić information content (AvgIpc) is 3.13. The molecule has 1 saturated heterocycles. The third kappa shape index (κ3) is 4.72. The number of hydrogen-bond donors (Lipinski definition) is 1. The molecule has 1 aromatic carbocycles. The van der Waals surface area contributed by atoms with Crippen LogP contribution >= 0.6 is 0 Å². The maximum Gasteiger partial charge on any atom is 0.251 e. The molecule has 0 radical (unpaired) electrons. The minimum Gasteiger partial charge on any atom is -0.352 e. The van der Waals surface area contributed by atoms with Gasteiger partial charge >= 0.3 is 0 Å². The molecule has 0 saturated carbocycles. The average molecular weight is 370 g/mol. The first kappa shape index (κ1) is 19.1. The molecule has 1 aromatic heterocycles. The van der Waals surface area contributed by atoms with E-state index in [0.29, 0.717) is 30.2 Å². The molecule has 0 unspecified atom stereocenters. The van der Waals surface area contributed by atoms with E-state index in [9.17, 15) is 9.59 Å². The van der Waals surface area contributed by atoms with Crippen molar-refractivity contribution in [3.63, 3.8) is 0 Å². The molecule has 2 aromatic rings. The van der Waals surface area contributed by atoms with Gasteiger partial charge in [-0.1, -0.05) is 11.2 Å². The van der Waals surface area contributed by atoms with Crippen LogP contribution in [0.3, 0.4) is 0 Å². The van der Waals surface area contributed by atoms with Gasteiger partial charge in [-0.05, 0) is 49.9 Å². The predicted octanol–water partition coefficient (Wildman–Crippen LogP) is 2.38. The van der Waals surface area contributed by atoms with E-state index in [0.717, 1.165) is 31.5 Å². The summed E-state index contributed by atoms with van der Waals surface area (Å²) in [6.07, 6.45) is 2.19. The van der Waals surface area contributed by atoms with Gasteiger partial charge in [0.1, 0.15) is 0 Å². The Morgan fingerprint density at radius 1 is 1.22 bits per heavy atom. The van der Waals surface area contributed by atoms with Gasteiger partial charge in [0, 0.05) is 44.5 Å². The normalized spacial score (nSPS) is 15.0. The zero-order chi connectivity index (χ0) is 19.4. The zero-order valence-corrected chi connectivity index (χ0v) is 16.1. The van der Waals surface area contributed by atoms with Crippen molar-refractivity contribution in [3.05, 3.63) is 46.6 Å². The number of nitrogens with one attached hydrogen (secondary N) is 1. The first-order valence-electron chi connectivity index (χ1n) is 9.37. The number of likely N-dealkylation sites (tertiary alicyclic amines) is 1. The molecule has 1 fully saturated rings. The molecular formula is C20H26N4O3. The summed E-state index contributed by atoms with van der Waals surface area (Å²) in [6, 6.07) is 5.67. The van der Waals surface area contributed by atoms with Gasteiger partial charge in [0.25, 0.3) is 5.91 Å². The Kier molecular flexibility index (Phi) is 5.88. The summed E-state index contributed by atoms with van der Waals surface area (Å²) < 4.78 is 5.32. The minimum atomic E-state index is -0.102. The summed E-state index contributed by atoms with van der Waals surface area (Å²) in [5, 5.41) is 6.98. The smallest absolute Gasteiger partial charge is 0.251 e. The Morgan fingerprint density at radius 3 is 2.63 bits per heavy atom. The summed E-state index contributed by atoms with van der Waals surface area (Å²) in [5.74, 6) is 1.47. The lowest BCUT2D eigenvalue weighted by molar-refractivity contribution is -0.129. The Labute approximate surface area is 159 Å². The van der Waals surface area contributed by atoms with Gasteiger partial charge in [-0.3, -0.25) is 9.59 Å². The molecule has 144 valence electrons. The van der Waals surface area contributed by atoms with E-state index in [1.54, 1.807) is 6.92 Å². The quantitative estimate of drug-likeness (QED) is 0.873. The van der Waals surface area contributed by atoms with Crippen LogP contribution < -0.4 is 5.32 Å². The molecule has 0 aliphatic carbocycles. The summed E-state index contributed by atoms with van der Waals surface area (Å²) in [7, 11) is 0.